The van der Waals surface area contributed by atoms with Crippen molar-refractivity contribution in [1.29, 1.82) is 0 Å². The van der Waals surface area contributed by atoms with E-state index >= 15 is 0 Å². The summed E-state index contributed by atoms with van der Waals surface area (Å²) in [6.45, 7) is 2.57. The van der Waals surface area contributed by atoms with Gasteiger partial charge in [0.1, 0.15) is 11.9 Å². The summed E-state index contributed by atoms with van der Waals surface area (Å²) in [5.41, 5.74) is 0.876. The van der Waals surface area contributed by atoms with Crippen molar-refractivity contribution in [3.63, 3.8) is 0 Å². The van der Waals surface area contributed by atoms with Crippen LogP contribution in [0.2, 0.25) is 0 Å². The number of carbonyl (C=O) groups excluding carboxylic acids is 1. The van der Waals surface area contributed by atoms with Crippen LogP contribution >= 0.6 is 0 Å². The van der Waals surface area contributed by atoms with E-state index in [1.54, 1.807) is 6.92 Å². The zero-order valence-corrected chi connectivity index (χ0v) is 17.1. The quantitative estimate of drug-likeness (QED) is 0.694. The van der Waals surface area contributed by atoms with Crippen molar-refractivity contribution < 1.29 is 17.6 Å². The molecule has 2 aromatic rings. The molecule has 0 saturated heterocycles. The van der Waals surface area contributed by atoms with Crippen LogP contribution < -0.4 is 14.5 Å². The molecule has 0 radical (unpaired) electrons. The molecule has 0 spiro atoms. The minimum Gasteiger partial charge on any atom is -0.373 e. The molecule has 0 fully saturated rings. The van der Waals surface area contributed by atoms with Gasteiger partial charge >= 0.3 is 0 Å². The van der Waals surface area contributed by atoms with Crippen LogP contribution in [0.25, 0.3) is 0 Å². The number of carbonyl (C=O) groups is 1. The zero-order valence-electron chi connectivity index (χ0n) is 16.3. The molecule has 8 heteroatoms. The van der Waals surface area contributed by atoms with E-state index in [4.69, 9.17) is 0 Å². The average Bonchev–Trinajstić information content (AvgIpc) is 2.66. The number of anilines is 2. The van der Waals surface area contributed by atoms with E-state index in [1.165, 1.54) is 24.3 Å². The van der Waals surface area contributed by atoms with Crippen molar-refractivity contribution in [2.75, 3.05) is 35.6 Å². The van der Waals surface area contributed by atoms with E-state index in [2.05, 4.69) is 5.32 Å². The van der Waals surface area contributed by atoms with Gasteiger partial charge in [0.2, 0.25) is 15.9 Å². The number of hydrogen-bond donors (Lipinski definition) is 1. The van der Waals surface area contributed by atoms with Crippen molar-refractivity contribution in [2.24, 2.45) is 0 Å². The van der Waals surface area contributed by atoms with Crippen LogP contribution in [0.5, 0.6) is 0 Å². The van der Waals surface area contributed by atoms with Crippen molar-refractivity contribution >= 4 is 27.3 Å². The average molecular weight is 408 g/mol. The SMILES string of the molecule is CCC(C(=O)NCCN(C)c1ccccc1)N(c1ccccc1F)S(C)(=O)=O. The van der Waals surface area contributed by atoms with E-state index < -0.39 is 27.8 Å². The Balaban J connectivity index is 2.11. The molecular weight excluding hydrogens is 381 g/mol. The normalized spacial score (nSPS) is 12.3. The molecule has 0 aliphatic carbocycles. The molecule has 0 heterocycles. The van der Waals surface area contributed by atoms with Gasteiger partial charge in [0.15, 0.2) is 0 Å². The third-order valence-corrected chi connectivity index (χ3v) is 5.53. The molecule has 0 aliphatic rings. The van der Waals surface area contributed by atoms with Crippen molar-refractivity contribution in [3.8, 4) is 0 Å². The summed E-state index contributed by atoms with van der Waals surface area (Å²) < 4.78 is 39.7. The van der Waals surface area contributed by atoms with Gasteiger partial charge in [-0.25, -0.2) is 12.8 Å². The Morgan fingerprint density at radius 1 is 1.11 bits per heavy atom. The van der Waals surface area contributed by atoms with Gasteiger partial charge in [-0.1, -0.05) is 37.3 Å². The predicted octanol–water partition coefficient (Wildman–Crippen LogP) is 2.62. The molecule has 2 rings (SSSR count). The van der Waals surface area contributed by atoms with E-state index in [-0.39, 0.29) is 12.1 Å². The predicted molar refractivity (Wildman–Crippen MR) is 111 cm³/mol. The number of halogens is 1. The van der Waals surface area contributed by atoms with Gasteiger partial charge in [0.05, 0.1) is 11.9 Å². The molecule has 1 N–H and O–H groups in total. The fourth-order valence-corrected chi connectivity index (χ4v) is 4.15. The van der Waals surface area contributed by atoms with Crippen LogP contribution in [0.15, 0.2) is 54.6 Å². The molecular formula is C20H26FN3O3S. The monoisotopic (exact) mass is 407 g/mol. The topological polar surface area (TPSA) is 69.7 Å². The number of benzene rings is 2. The van der Waals surface area contributed by atoms with Gasteiger partial charge in [-0.05, 0) is 30.7 Å². The highest BCUT2D eigenvalue weighted by Crippen LogP contribution is 2.25. The summed E-state index contributed by atoms with van der Waals surface area (Å²) in [7, 11) is -1.96. The maximum absolute atomic E-state index is 14.2. The van der Waals surface area contributed by atoms with Crippen LogP contribution in [0.1, 0.15) is 13.3 Å². The molecule has 6 nitrogen and oxygen atoms in total. The van der Waals surface area contributed by atoms with Crippen molar-refractivity contribution in [3.05, 3.63) is 60.4 Å². The third-order valence-electron chi connectivity index (χ3n) is 4.36. The lowest BCUT2D eigenvalue weighted by molar-refractivity contribution is -0.122. The summed E-state index contributed by atoms with van der Waals surface area (Å²) in [6, 6.07) is 14.2. The Morgan fingerprint density at radius 2 is 1.71 bits per heavy atom. The van der Waals surface area contributed by atoms with Crippen molar-refractivity contribution in [1.82, 2.24) is 5.32 Å². The molecule has 0 aliphatic heterocycles. The Kier molecular flexibility index (Phi) is 7.39. The van der Waals surface area contributed by atoms with E-state index in [0.29, 0.717) is 13.1 Å². The third kappa shape index (κ3) is 5.45. The first-order chi connectivity index (χ1) is 13.3. The summed E-state index contributed by atoms with van der Waals surface area (Å²) in [6.07, 6.45) is 1.18. The smallest absolute Gasteiger partial charge is 0.243 e. The summed E-state index contributed by atoms with van der Waals surface area (Å²) in [4.78, 5) is 14.7. The molecule has 2 aromatic carbocycles. The fourth-order valence-electron chi connectivity index (χ4n) is 2.94. The number of nitrogens with one attached hydrogen (secondary N) is 1. The lowest BCUT2D eigenvalue weighted by atomic mass is 10.2. The highest BCUT2D eigenvalue weighted by atomic mass is 32.2. The molecule has 1 atom stereocenters. The second kappa shape index (κ2) is 9.54. The molecule has 1 unspecified atom stereocenters. The van der Waals surface area contributed by atoms with Crippen LogP contribution in [0.4, 0.5) is 15.8 Å². The van der Waals surface area contributed by atoms with Gasteiger partial charge < -0.3 is 10.2 Å². The number of hydrogen-bond acceptors (Lipinski definition) is 4. The lowest BCUT2D eigenvalue weighted by Gasteiger charge is -2.30. The molecule has 0 bridgehead atoms. The van der Waals surface area contributed by atoms with Crippen LogP contribution in [-0.4, -0.2) is 46.8 Å². The molecule has 0 saturated carbocycles. The van der Waals surface area contributed by atoms with Gasteiger partial charge in [-0.3, -0.25) is 9.10 Å². The largest absolute Gasteiger partial charge is 0.373 e. The first-order valence-corrected chi connectivity index (χ1v) is 10.9. The van der Waals surface area contributed by atoms with Crippen LogP contribution in [0, 0.1) is 5.82 Å². The lowest BCUT2D eigenvalue weighted by Crippen LogP contribution is -2.50. The maximum Gasteiger partial charge on any atom is 0.243 e. The van der Waals surface area contributed by atoms with Gasteiger partial charge in [0, 0.05) is 25.8 Å². The molecule has 0 aromatic heterocycles. The standard InChI is InChI=1S/C20H26FN3O3S/c1-4-18(24(28(3,26)27)19-13-9-8-12-17(19)21)20(25)22-14-15-23(2)16-10-6-5-7-11-16/h5-13,18H,4,14-15H2,1-3H3,(H,22,25). The first kappa shape index (κ1) is 21.7. The Morgan fingerprint density at radius 3 is 2.29 bits per heavy atom. The first-order valence-electron chi connectivity index (χ1n) is 9.03. The fraction of sp³-hybridized carbons (Fsp3) is 0.350. The highest BCUT2D eigenvalue weighted by molar-refractivity contribution is 7.92. The Bertz CT molecular complexity index is 891. The minimum absolute atomic E-state index is 0.131. The summed E-state index contributed by atoms with van der Waals surface area (Å²) >= 11 is 0. The number of para-hydroxylation sites is 2. The number of nitrogens with zero attached hydrogens (tertiary/aromatic N) is 2. The van der Waals surface area contributed by atoms with Crippen molar-refractivity contribution in [2.45, 2.75) is 19.4 Å². The number of likely N-dealkylation sites (N-methyl/N-ethyl adjacent to an activating group) is 1. The van der Waals surface area contributed by atoms with Gasteiger partial charge in [0.25, 0.3) is 0 Å². The maximum atomic E-state index is 14.2. The van der Waals surface area contributed by atoms with E-state index in [9.17, 15) is 17.6 Å². The minimum atomic E-state index is -3.86. The second-order valence-corrected chi connectivity index (χ2v) is 8.34. The summed E-state index contributed by atoms with van der Waals surface area (Å²) in [5.74, 6) is -1.15. The molecule has 28 heavy (non-hydrogen) atoms. The van der Waals surface area contributed by atoms with E-state index in [0.717, 1.165) is 16.2 Å². The molecule has 152 valence electrons. The second-order valence-electron chi connectivity index (χ2n) is 6.48. The van der Waals surface area contributed by atoms with Gasteiger partial charge in [-0.2, -0.15) is 0 Å². The summed E-state index contributed by atoms with van der Waals surface area (Å²) in [5, 5.41) is 2.77. The van der Waals surface area contributed by atoms with E-state index in [1.807, 2.05) is 42.3 Å². The number of rotatable bonds is 9. The molecule has 1 amide bonds. The van der Waals surface area contributed by atoms with Gasteiger partial charge in [-0.15, -0.1) is 0 Å². The van der Waals surface area contributed by atoms with Crippen LogP contribution in [-0.2, 0) is 14.8 Å². The zero-order chi connectivity index (χ0) is 20.7. The Labute approximate surface area is 166 Å². The highest BCUT2D eigenvalue weighted by Gasteiger charge is 2.32. The number of amides is 1. The number of sulfonamides is 1. The Hall–Kier alpha value is -2.61. The van der Waals surface area contributed by atoms with Crippen LogP contribution in [0.3, 0.4) is 0 Å².